The van der Waals surface area contributed by atoms with Crippen molar-refractivity contribution in [2.45, 2.75) is 51.5 Å². The van der Waals surface area contributed by atoms with Crippen molar-refractivity contribution >= 4 is 5.91 Å². The van der Waals surface area contributed by atoms with Gasteiger partial charge in [-0.05, 0) is 30.0 Å². The van der Waals surface area contributed by atoms with Crippen LogP contribution in [0.3, 0.4) is 0 Å². The van der Waals surface area contributed by atoms with E-state index < -0.39 is 0 Å². The smallest absolute Gasteiger partial charge is 0.220 e. The zero-order valence-electron chi connectivity index (χ0n) is 12.4. The van der Waals surface area contributed by atoms with Gasteiger partial charge in [-0.25, -0.2) is 4.39 Å². The summed E-state index contributed by atoms with van der Waals surface area (Å²) in [4.78, 5) is 12.0. The number of benzene rings is 1. The third-order valence-electron chi connectivity index (χ3n) is 3.47. The number of carbonyl (C=O) groups is 1. The van der Waals surface area contributed by atoms with Crippen LogP contribution in [0.5, 0.6) is 0 Å². The molecule has 0 aromatic heterocycles. The Kier molecular flexibility index (Phi) is 7.23. The Labute approximate surface area is 120 Å². The summed E-state index contributed by atoms with van der Waals surface area (Å²) in [7, 11) is 0. The van der Waals surface area contributed by atoms with Gasteiger partial charge in [0.25, 0.3) is 0 Å². The first-order valence-electron chi connectivity index (χ1n) is 7.31. The molecule has 0 fully saturated rings. The second kappa shape index (κ2) is 8.69. The molecule has 1 rings (SSSR count). The van der Waals surface area contributed by atoms with Gasteiger partial charge < -0.3 is 11.1 Å². The number of nitrogens with two attached hydrogens (primary N) is 1. The third kappa shape index (κ3) is 5.70. The van der Waals surface area contributed by atoms with Crippen LogP contribution in [-0.2, 0) is 4.79 Å². The molecular formula is C16H25FN2O. The van der Waals surface area contributed by atoms with Gasteiger partial charge in [-0.2, -0.15) is 0 Å². The van der Waals surface area contributed by atoms with E-state index in [1.54, 1.807) is 6.07 Å². The first kappa shape index (κ1) is 16.6. The van der Waals surface area contributed by atoms with Crippen molar-refractivity contribution in [2.75, 3.05) is 6.54 Å². The Morgan fingerprint density at radius 1 is 1.45 bits per heavy atom. The Morgan fingerprint density at radius 3 is 2.80 bits per heavy atom. The Hall–Kier alpha value is -1.42. The fourth-order valence-electron chi connectivity index (χ4n) is 2.20. The van der Waals surface area contributed by atoms with Gasteiger partial charge in [0.15, 0.2) is 0 Å². The fourth-order valence-corrected chi connectivity index (χ4v) is 2.20. The third-order valence-corrected chi connectivity index (χ3v) is 3.47. The van der Waals surface area contributed by atoms with Crippen molar-refractivity contribution in [1.29, 1.82) is 0 Å². The van der Waals surface area contributed by atoms with E-state index in [9.17, 15) is 9.18 Å². The van der Waals surface area contributed by atoms with Crippen molar-refractivity contribution in [3.63, 3.8) is 0 Å². The second-order valence-corrected chi connectivity index (χ2v) is 5.30. The maximum atomic E-state index is 13.2. The molecule has 3 nitrogen and oxygen atoms in total. The standard InChI is InChI=1S/C16H25FN2O/c1-3-4-8-15(11-18)19-16(20)9-12(2)13-6-5-7-14(17)10-13/h5-7,10,12,15H,3-4,8-9,11,18H2,1-2H3,(H,19,20). The molecule has 0 radical (unpaired) electrons. The van der Waals surface area contributed by atoms with E-state index in [1.165, 1.54) is 12.1 Å². The lowest BCUT2D eigenvalue weighted by molar-refractivity contribution is -0.122. The molecule has 0 saturated heterocycles. The van der Waals surface area contributed by atoms with Crippen molar-refractivity contribution in [3.8, 4) is 0 Å². The summed E-state index contributed by atoms with van der Waals surface area (Å²) in [6.45, 7) is 4.50. The number of unbranched alkanes of at least 4 members (excludes halogenated alkanes) is 1. The largest absolute Gasteiger partial charge is 0.352 e. The number of hydrogen-bond donors (Lipinski definition) is 2. The highest BCUT2D eigenvalue weighted by Crippen LogP contribution is 2.19. The molecule has 1 amide bonds. The van der Waals surface area contributed by atoms with E-state index in [1.807, 2.05) is 13.0 Å². The summed E-state index contributed by atoms with van der Waals surface area (Å²) < 4.78 is 13.2. The zero-order valence-corrected chi connectivity index (χ0v) is 12.4. The van der Waals surface area contributed by atoms with Crippen LogP contribution >= 0.6 is 0 Å². The van der Waals surface area contributed by atoms with Crippen LogP contribution in [0.4, 0.5) is 4.39 Å². The monoisotopic (exact) mass is 280 g/mol. The number of nitrogens with one attached hydrogen (secondary N) is 1. The van der Waals surface area contributed by atoms with Crippen LogP contribution in [-0.4, -0.2) is 18.5 Å². The lowest BCUT2D eigenvalue weighted by Gasteiger charge is -2.18. The lowest BCUT2D eigenvalue weighted by atomic mass is 9.97. The fraction of sp³-hybridized carbons (Fsp3) is 0.562. The number of halogens is 1. The first-order chi connectivity index (χ1) is 9.56. The maximum absolute atomic E-state index is 13.2. The Morgan fingerprint density at radius 2 is 2.20 bits per heavy atom. The van der Waals surface area contributed by atoms with E-state index in [0.29, 0.717) is 13.0 Å². The summed E-state index contributed by atoms with van der Waals surface area (Å²) in [5, 5.41) is 2.96. The molecule has 1 aromatic carbocycles. The van der Waals surface area contributed by atoms with Crippen molar-refractivity contribution in [3.05, 3.63) is 35.6 Å². The van der Waals surface area contributed by atoms with Crippen LogP contribution < -0.4 is 11.1 Å². The Bertz CT molecular complexity index is 423. The molecule has 2 atom stereocenters. The summed E-state index contributed by atoms with van der Waals surface area (Å²) in [5.41, 5.74) is 6.50. The highest BCUT2D eigenvalue weighted by atomic mass is 19.1. The number of carbonyl (C=O) groups excluding carboxylic acids is 1. The van der Waals surface area contributed by atoms with E-state index in [0.717, 1.165) is 24.8 Å². The molecule has 0 spiro atoms. The average Bonchev–Trinajstić information content (AvgIpc) is 2.43. The first-order valence-corrected chi connectivity index (χ1v) is 7.31. The molecule has 4 heteroatoms. The Balaban J connectivity index is 2.48. The second-order valence-electron chi connectivity index (χ2n) is 5.30. The molecule has 0 aliphatic rings. The molecule has 0 saturated carbocycles. The lowest BCUT2D eigenvalue weighted by Crippen LogP contribution is -2.40. The highest BCUT2D eigenvalue weighted by molar-refractivity contribution is 5.77. The van der Waals surface area contributed by atoms with Crippen LogP contribution in [0.2, 0.25) is 0 Å². The van der Waals surface area contributed by atoms with Crippen molar-refractivity contribution in [2.24, 2.45) is 5.73 Å². The quantitative estimate of drug-likeness (QED) is 0.769. The number of amides is 1. The van der Waals surface area contributed by atoms with Crippen LogP contribution in [0.25, 0.3) is 0 Å². The van der Waals surface area contributed by atoms with Gasteiger partial charge in [-0.15, -0.1) is 0 Å². The number of rotatable bonds is 8. The predicted octanol–water partition coefficient (Wildman–Crippen LogP) is 2.95. The predicted molar refractivity (Wildman–Crippen MR) is 79.9 cm³/mol. The van der Waals surface area contributed by atoms with E-state index in [2.05, 4.69) is 12.2 Å². The molecule has 0 aliphatic carbocycles. The van der Waals surface area contributed by atoms with E-state index in [4.69, 9.17) is 5.73 Å². The van der Waals surface area contributed by atoms with Crippen LogP contribution in [0, 0.1) is 5.82 Å². The van der Waals surface area contributed by atoms with Gasteiger partial charge in [-0.3, -0.25) is 4.79 Å². The maximum Gasteiger partial charge on any atom is 0.220 e. The van der Waals surface area contributed by atoms with Gasteiger partial charge >= 0.3 is 0 Å². The normalized spacial score (nSPS) is 13.8. The molecule has 0 heterocycles. The van der Waals surface area contributed by atoms with E-state index in [-0.39, 0.29) is 23.7 Å². The average molecular weight is 280 g/mol. The van der Waals surface area contributed by atoms with E-state index >= 15 is 0 Å². The molecule has 20 heavy (non-hydrogen) atoms. The minimum Gasteiger partial charge on any atom is -0.352 e. The van der Waals surface area contributed by atoms with Crippen molar-refractivity contribution in [1.82, 2.24) is 5.32 Å². The molecule has 0 aliphatic heterocycles. The molecule has 3 N–H and O–H groups in total. The molecule has 112 valence electrons. The van der Waals surface area contributed by atoms with Crippen LogP contribution in [0.15, 0.2) is 24.3 Å². The minimum absolute atomic E-state index is 0.00435. The SMILES string of the molecule is CCCCC(CN)NC(=O)CC(C)c1cccc(F)c1. The summed E-state index contributed by atoms with van der Waals surface area (Å²) in [5.74, 6) is -0.291. The molecule has 2 unspecified atom stereocenters. The minimum atomic E-state index is -0.266. The summed E-state index contributed by atoms with van der Waals surface area (Å²) >= 11 is 0. The van der Waals surface area contributed by atoms with Gasteiger partial charge in [0.1, 0.15) is 5.82 Å². The van der Waals surface area contributed by atoms with Gasteiger partial charge in [0, 0.05) is 19.0 Å². The number of hydrogen-bond acceptors (Lipinski definition) is 2. The zero-order chi connectivity index (χ0) is 15.0. The van der Waals surface area contributed by atoms with Gasteiger partial charge in [-0.1, -0.05) is 38.8 Å². The molecular weight excluding hydrogens is 255 g/mol. The van der Waals surface area contributed by atoms with Crippen molar-refractivity contribution < 1.29 is 9.18 Å². The topological polar surface area (TPSA) is 55.1 Å². The van der Waals surface area contributed by atoms with Crippen LogP contribution in [0.1, 0.15) is 51.0 Å². The summed E-state index contributed by atoms with van der Waals surface area (Å²) in [6, 6.07) is 6.45. The van der Waals surface area contributed by atoms with Gasteiger partial charge in [0.05, 0.1) is 0 Å². The molecule has 1 aromatic rings. The van der Waals surface area contributed by atoms with Gasteiger partial charge in [0.2, 0.25) is 5.91 Å². The summed E-state index contributed by atoms with van der Waals surface area (Å²) in [6.07, 6.45) is 3.41. The highest BCUT2D eigenvalue weighted by Gasteiger charge is 2.15. The molecule has 0 bridgehead atoms.